The molecule has 102 valence electrons. The summed E-state index contributed by atoms with van der Waals surface area (Å²) >= 11 is 12.7. The molecule has 1 aliphatic heterocycles. The molecule has 2 heterocycles. The van der Waals surface area contributed by atoms with Crippen LogP contribution in [0.25, 0.3) is 0 Å². The number of thiophene rings is 1. The SMILES string of the molecule is O=S(=O)(c1cc(Cl)sc1Cl)N1CCC(CCO)C1. The summed E-state index contributed by atoms with van der Waals surface area (Å²) in [5, 5.41) is 8.88. The summed E-state index contributed by atoms with van der Waals surface area (Å²) in [6, 6.07) is 1.39. The van der Waals surface area contributed by atoms with E-state index in [0.717, 1.165) is 17.8 Å². The van der Waals surface area contributed by atoms with E-state index in [1.54, 1.807) is 0 Å². The van der Waals surface area contributed by atoms with Crippen LogP contribution >= 0.6 is 34.5 Å². The van der Waals surface area contributed by atoms with Crippen LogP contribution in [0, 0.1) is 5.92 Å². The lowest BCUT2D eigenvalue weighted by atomic mass is 10.1. The Bertz CT molecular complexity index is 529. The number of hydrogen-bond acceptors (Lipinski definition) is 4. The van der Waals surface area contributed by atoms with Gasteiger partial charge in [-0.15, -0.1) is 11.3 Å². The molecule has 1 atom stereocenters. The fraction of sp³-hybridized carbons (Fsp3) is 0.600. The van der Waals surface area contributed by atoms with E-state index in [-0.39, 0.29) is 21.8 Å². The molecule has 1 aromatic rings. The van der Waals surface area contributed by atoms with Crippen LogP contribution in [0.5, 0.6) is 0 Å². The quantitative estimate of drug-likeness (QED) is 0.923. The predicted molar refractivity (Wildman–Crippen MR) is 72.9 cm³/mol. The van der Waals surface area contributed by atoms with E-state index < -0.39 is 10.0 Å². The number of sulfonamides is 1. The van der Waals surface area contributed by atoms with Gasteiger partial charge in [0.05, 0.1) is 4.34 Å². The van der Waals surface area contributed by atoms with E-state index in [1.807, 2.05) is 0 Å². The van der Waals surface area contributed by atoms with Crippen molar-refractivity contribution in [3.63, 3.8) is 0 Å². The van der Waals surface area contributed by atoms with Crippen LogP contribution < -0.4 is 0 Å². The molecule has 0 aliphatic carbocycles. The van der Waals surface area contributed by atoms with E-state index in [4.69, 9.17) is 28.3 Å². The molecule has 0 bridgehead atoms. The number of halogens is 2. The van der Waals surface area contributed by atoms with Crippen molar-refractivity contribution in [2.24, 2.45) is 5.92 Å². The van der Waals surface area contributed by atoms with Gasteiger partial charge in [-0.1, -0.05) is 23.2 Å². The molecule has 2 rings (SSSR count). The zero-order chi connectivity index (χ0) is 13.3. The number of hydrogen-bond donors (Lipinski definition) is 1. The van der Waals surface area contributed by atoms with Crippen molar-refractivity contribution in [2.45, 2.75) is 17.7 Å². The van der Waals surface area contributed by atoms with E-state index in [0.29, 0.717) is 23.8 Å². The zero-order valence-corrected chi connectivity index (χ0v) is 12.6. The largest absolute Gasteiger partial charge is 0.396 e. The third kappa shape index (κ3) is 2.84. The summed E-state index contributed by atoms with van der Waals surface area (Å²) in [6.07, 6.45) is 1.40. The first-order valence-corrected chi connectivity index (χ1v) is 8.52. The molecule has 1 unspecified atom stereocenters. The van der Waals surface area contributed by atoms with Crippen LogP contribution in [0.2, 0.25) is 8.67 Å². The van der Waals surface area contributed by atoms with Crippen molar-refractivity contribution < 1.29 is 13.5 Å². The lowest BCUT2D eigenvalue weighted by Crippen LogP contribution is -2.28. The Hall–Kier alpha value is 0.150. The van der Waals surface area contributed by atoms with Crippen LogP contribution in [-0.4, -0.2) is 37.5 Å². The Morgan fingerprint density at radius 1 is 1.50 bits per heavy atom. The van der Waals surface area contributed by atoms with Gasteiger partial charge in [0.25, 0.3) is 0 Å². The lowest BCUT2D eigenvalue weighted by Gasteiger charge is -2.15. The number of rotatable bonds is 4. The van der Waals surface area contributed by atoms with Gasteiger partial charge in [-0.2, -0.15) is 4.31 Å². The minimum Gasteiger partial charge on any atom is -0.396 e. The summed E-state index contributed by atoms with van der Waals surface area (Å²) in [7, 11) is -3.55. The maximum absolute atomic E-state index is 12.3. The summed E-state index contributed by atoms with van der Waals surface area (Å²) in [5.74, 6) is 0.220. The second-order valence-electron chi connectivity index (χ2n) is 4.22. The molecule has 1 aromatic heterocycles. The first kappa shape index (κ1) is 14.6. The molecule has 1 aliphatic rings. The lowest BCUT2D eigenvalue weighted by molar-refractivity contribution is 0.259. The van der Waals surface area contributed by atoms with Crippen molar-refractivity contribution >= 4 is 44.6 Å². The molecular formula is C10H13Cl2NO3S2. The van der Waals surface area contributed by atoms with Crippen molar-refractivity contribution in [1.82, 2.24) is 4.31 Å². The van der Waals surface area contributed by atoms with Crippen molar-refractivity contribution in [3.05, 3.63) is 14.7 Å². The highest BCUT2D eigenvalue weighted by Crippen LogP contribution is 2.37. The molecule has 8 heteroatoms. The third-order valence-corrected chi connectivity index (χ3v) is 6.65. The molecule has 0 saturated carbocycles. The molecule has 0 amide bonds. The average molecular weight is 330 g/mol. The monoisotopic (exact) mass is 329 g/mol. The van der Waals surface area contributed by atoms with Gasteiger partial charge in [0, 0.05) is 19.7 Å². The van der Waals surface area contributed by atoms with Crippen molar-refractivity contribution in [1.29, 1.82) is 0 Å². The minimum absolute atomic E-state index is 0.0869. The highest BCUT2D eigenvalue weighted by molar-refractivity contribution is 7.89. The first-order chi connectivity index (χ1) is 8.45. The van der Waals surface area contributed by atoms with E-state index >= 15 is 0 Å². The van der Waals surface area contributed by atoms with Crippen LogP contribution in [0.4, 0.5) is 0 Å². The molecular weight excluding hydrogens is 317 g/mol. The fourth-order valence-corrected chi connectivity index (χ4v) is 5.72. The zero-order valence-electron chi connectivity index (χ0n) is 9.47. The molecule has 0 radical (unpaired) electrons. The van der Waals surface area contributed by atoms with Crippen molar-refractivity contribution in [3.8, 4) is 0 Å². The van der Waals surface area contributed by atoms with Gasteiger partial charge >= 0.3 is 0 Å². The van der Waals surface area contributed by atoms with Gasteiger partial charge in [-0.25, -0.2) is 8.42 Å². The van der Waals surface area contributed by atoms with Gasteiger partial charge < -0.3 is 5.11 Å². The Morgan fingerprint density at radius 2 is 2.22 bits per heavy atom. The fourth-order valence-electron chi connectivity index (χ4n) is 2.07. The molecule has 1 saturated heterocycles. The smallest absolute Gasteiger partial charge is 0.245 e. The van der Waals surface area contributed by atoms with Gasteiger partial charge in [0.1, 0.15) is 9.23 Å². The van der Waals surface area contributed by atoms with Gasteiger partial charge in [-0.05, 0) is 24.8 Å². The standard InChI is InChI=1S/C10H13Cl2NO3S2/c11-9-5-8(10(12)17-9)18(15,16)13-3-1-7(6-13)2-4-14/h5,7,14H,1-4,6H2. The van der Waals surface area contributed by atoms with E-state index in [1.165, 1.54) is 10.4 Å². The summed E-state index contributed by atoms with van der Waals surface area (Å²) in [6.45, 7) is 0.993. The van der Waals surface area contributed by atoms with Crippen LogP contribution in [0.15, 0.2) is 11.0 Å². The normalized spacial score (nSPS) is 21.6. The summed E-state index contributed by atoms with van der Waals surface area (Å²) in [5.41, 5.74) is 0. The van der Waals surface area contributed by atoms with E-state index in [9.17, 15) is 8.42 Å². The number of aliphatic hydroxyl groups excluding tert-OH is 1. The molecule has 18 heavy (non-hydrogen) atoms. The highest BCUT2D eigenvalue weighted by Gasteiger charge is 2.34. The second-order valence-corrected chi connectivity index (χ2v) is 8.41. The molecule has 1 fully saturated rings. The van der Waals surface area contributed by atoms with Crippen LogP contribution in [0.3, 0.4) is 0 Å². The molecule has 1 N–H and O–H groups in total. The highest BCUT2D eigenvalue weighted by atomic mass is 35.5. The third-order valence-electron chi connectivity index (χ3n) is 3.03. The Kier molecular flexibility index (Phi) is 4.57. The molecule has 0 spiro atoms. The maximum atomic E-state index is 12.3. The van der Waals surface area contributed by atoms with E-state index in [2.05, 4.69) is 0 Å². The number of nitrogens with zero attached hydrogens (tertiary/aromatic N) is 1. The number of aliphatic hydroxyl groups is 1. The predicted octanol–water partition coefficient (Wildman–Crippen LogP) is 2.45. The maximum Gasteiger partial charge on any atom is 0.245 e. The Morgan fingerprint density at radius 3 is 2.78 bits per heavy atom. The summed E-state index contributed by atoms with van der Waals surface area (Å²) < 4.78 is 26.7. The average Bonchev–Trinajstić information content (AvgIpc) is 2.86. The summed E-state index contributed by atoms with van der Waals surface area (Å²) in [4.78, 5) is 0.0869. The van der Waals surface area contributed by atoms with Gasteiger partial charge in [0.15, 0.2) is 0 Å². The Balaban J connectivity index is 2.20. The van der Waals surface area contributed by atoms with Crippen LogP contribution in [0.1, 0.15) is 12.8 Å². The van der Waals surface area contributed by atoms with Crippen LogP contribution in [-0.2, 0) is 10.0 Å². The van der Waals surface area contributed by atoms with Gasteiger partial charge in [-0.3, -0.25) is 0 Å². The topological polar surface area (TPSA) is 57.6 Å². The minimum atomic E-state index is -3.55. The molecule has 4 nitrogen and oxygen atoms in total. The Labute approximate surface area is 120 Å². The molecule has 0 aromatic carbocycles. The van der Waals surface area contributed by atoms with Gasteiger partial charge in [0.2, 0.25) is 10.0 Å². The first-order valence-electron chi connectivity index (χ1n) is 5.51. The van der Waals surface area contributed by atoms with Crippen molar-refractivity contribution in [2.75, 3.05) is 19.7 Å². The second kappa shape index (κ2) is 5.64.